The van der Waals surface area contributed by atoms with Gasteiger partial charge in [0, 0.05) is 44.8 Å². The van der Waals surface area contributed by atoms with Gasteiger partial charge in [-0.1, -0.05) is 13.0 Å². The van der Waals surface area contributed by atoms with E-state index in [2.05, 4.69) is 23.8 Å². The summed E-state index contributed by atoms with van der Waals surface area (Å²) in [7, 11) is 3.78. The number of carbonyl (C=O) groups is 1. The maximum absolute atomic E-state index is 14.9. The van der Waals surface area contributed by atoms with Gasteiger partial charge in [0.25, 0.3) is 5.91 Å². The summed E-state index contributed by atoms with van der Waals surface area (Å²) in [5, 5.41) is 11.9. The summed E-state index contributed by atoms with van der Waals surface area (Å²) in [6.45, 7) is 7.73. The van der Waals surface area contributed by atoms with Crippen LogP contribution >= 0.6 is 0 Å². The van der Waals surface area contributed by atoms with Crippen LogP contribution in [0.2, 0.25) is 0 Å². The molecule has 2 saturated heterocycles. The normalized spacial score (nSPS) is 23.1. The Kier molecular flexibility index (Phi) is 7.67. The first-order valence-electron chi connectivity index (χ1n) is 14.6. The fourth-order valence-electron chi connectivity index (χ4n) is 6.43. The number of rotatable bonds is 7. The molecule has 6 rings (SSSR count). The fraction of sp³-hybridized carbons (Fsp3) is 0.516. The number of fused-ring (bicyclic) bond motifs is 2. The number of aromatic hydroxyl groups is 1. The van der Waals surface area contributed by atoms with Gasteiger partial charge in [0.15, 0.2) is 0 Å². The van der Waals surface area contributed by atoms with Crippen molar-refractivity contribution in [1.29, 1.82) is 0 Å². The number of halogens is 1. The molecule has 0 radical (unpaired) electrons. The lowest BCUT2D eigenvalue weighted by atomic mass is 9.99. The van der Waals surface area contributed by atoms with Crippen LogP contribution in [-0.4, -0.2) is 91.1 Å². The predicted molar refractivity (Wildman–Crippen MR) is 157 cm³/mol. The quantitative estimate of drug-likeness (QED) is 0.447. The number of aromatic nitrogens is 2. The van der Waals surface area contributed by atoms with Gasteiger partial charge in [0.05, 0.1) is 36.2 Å². The van der Waals surface area contributed by atoms with Crippen molar-refractivity contribution in [2.75, 3.05) is 63.4 Å². The second-order valence-corrected chi connectivity index (χ2v) is 11.7. The van der Waals surface area contributed by atoms with Crippen molar-refractivity contribution in [3.8, 4) is 11.8 Å². The number of likely N-dealkylation sites (N-methyl/N-ethyl adjacent to an activating group) is 1. The van der Waals surface area contributed by atoms with Crippen molar-refractivity contribution in [1.82, 2.24) is 14.9 Å². The van der Waals surface area contributed by atoms with Crippen molar-refractivity contribution in [2.24, 2.45) is 0 Å². The molecule has 1 N–H and O–H groups in total. The molecular weight excluding hydrogens is 541 g/mol. The van der Waals surface area contributed by atoms with E-state index in [0.717, 1.165) is 19.4 Å². The molecule has 42 heavy (non-hydrogen) atoms. The number of hydrogen-bond acceptors (Lipinski definition) is 9. The topological polar surface area (TPSA) is 100 Å². The molecule has 224 valence electrons. The molecule has 1 unspecified atom stereocenters. The fourth-order valence-corrected chi connectivity index (χ4v) is 6.43. The van der Waals surface area contributed by atoms with Crippen molar-refractivity contribution >= 4 is 28.2 Å². The van der Waals surface area contributed by atoms with Crippen LogP contribution in [-0.2, 0) is 22.4 Å². The Labute approximate surface area is 245 Å². The Morgan fingerprint density at radius 2 is 2.05 bits per heavy atom. The summed E-state index contributed by atoms with van der Waals surface area (Å²) in [5.41, 5.74) is 1.62. The van der Waals surface area contributed by atoms with E-state index in [9.17, 15) is 14.3 Å². The third-order valence-electron chi connectivity index (χ3n) is 8.92. The molecule has 2 fully saturated rings. The SMILES string of the molecule is CCc1c(F)ccc2cc(O)cc(N3Cc4nc(OCC5(C)C[C@@H](OC)CN5C)nc(N5CCCOCC5)c4C3=O)c12. The minimum Gasteiger partial charge on any atom is -0.508 e. The highest BCUT2D eigenvalue weighted by atomic mass is 19.1. The number of phenolic OH excluding ortho intramolecular Hbond substituents is 1. The smallest absolute Gasteiger partial charge is 0.318 e. The largest absolute Gasteiger partial charge is 0.508 e. The van der Waals surface area contributed by atoms with E-state index in [0.29, 0.717) is 78.4 Å². The van der Waals surface area contributed by atoms with Crippen LogP contribution in [0, 0.1) is 5.82 Å². The molecule has 0 spiro atoms. The molecule has 0 bridgehead atoms. The van der Waals surface area contributed by atoms with Crippen LogP contribution in [0.4, 0.5) is 15.9 Å². The molecule has 4 heterocycles. The molecule has 1 amide bonds. The van der Waals surface area contributed by atoms with Crippen molar-refractivity contribution in [3.05, 3.63) is 46.9 Å². The van der Waals surface area contributed by atoms with E-state index >= 15 is 0 Å². The number of phenols is 1. The Balaban J connectivity index is 1.40. The zero-order chi connectivity index (χ0) is 29.6. The van der Waals surface area contributed by atoms with E-state index in [1.807, 2.05) is 6.92 Å². The number of methoxy groups -OCH3 is 1. The second-order valence-electron chi connectivity index (χ2n) is 11.7. The summed E-state index contributed by atoms with van der Waals surface area (Å²) in [6, 6.07) is 6.35. The van der Waals surface area contributed by atoms with E-state index in [-0.39, 0.29) is 41.7 Å². The van der Waals surface area contributed by atoms with Crippen LogP contribution < -0.4 is 14.5 Å². The molecule has 0 saturated carbocycles. The van der Waals surface area contributed by atoms with Crippen molar-refractivity contribution in [2.45, 2.75) is 51.3 Å². The standard InChI is InChI=1S/C31H38FN5O5/c1-5-22-23(32)8-7-19-13-20(38)14-25(26(19)22)37-17-24-27(29(37)39)28(36-9-6-11-41-12-10-36)34-30(33-24)42-18-31(2)15-21(40-4)16-35(31)3/h7-8,13-14,21,38H,5-6,9-12,15-18H2,1-4H3/t21-,31?/m1/s1. The Bertz CT molecular complexity index is 1510. The van der Waals surface area contributed by atoms with Gasteiger partial charge in [-0.05, 0) is 56.3 Å². The van der Waals surface area contributed by atoms with Gasteiger partial charge in [-0.2, -0.15) is 9.97 Å². The van der Waals surface area contributed by atoms with Crippen molar-refractivity contribution in [3.63, 3.8) is 0 Å². The molecule has 11 heteroatoms. The zero-order valence-corrected chi connectivity index (χ0v) is 24.7. The Hall–Kier alpha value is -3.54. The van der Waals surface area contributed by atoms with Crippen LogP contribution in [0.1, 0.15) is 48.3 Å². The highest BCUT2D eigenvalue weighted by Gasteiger charge is 2.42. The maximum atomic E-state index is 14.9. The van der Waals surface area contributed by atoms with Gasteiger partial charge in [-0.3, -0.25) is 9.69 Å². The highest BCUT2D eigenvalue weighted by Crippen LogP contribution is 2.41. The average Bonchev–Trinajstić information content (AvgIpc) is 3.30. The van der Waals surface area contributed by atoms with E-state index in [1.165, 1.54) is 12.1 Å². The number of hydrogen-bond donors (Lipinski definition) is 1. The molecular formula is C31H38FN5O5. The summed E-state index contributed by atoms with van der Waals surface area (Å²) in [5.74, 6) is -0.125. The number of nitrogens with zero attached hydrogens (tertiary/aromatic N) is 5. The number of ether oxygens (including phenoxy) is 3. The first-order valence-corrected chi connectivity index (χ1v) is 14.6. The second kappa shape index (κ2) is 11.3. The van der Waals surface area contributed by atoms with E-state index in [4.69, 9.17) is 24.2 Å². The molecule has 3 aromatic rings. The number of carbonyl (C=O) groups excluding carboxylic acids is 1. The first kappa shape index (κ1) is 28.6. The summed E-state index contributed by atoms with van der Waals surface area (Å²) < 4.78 is 32.5. The van der Waals surface area contributed by atoms with Crippen LogP contribution in [0.5, 0.6) is 11.8 Å². The predicted octanol–water partition coefficient (Wildman–Crippen LogP) is 3.91. The van der Waals surface area contributed by atoms with Crippen molar-refractivity contribution < 1.29 is 28.5 Å². The van der Waals surface area contributed by atoms with Gasteiger partial charge in [-0.25, -0.2) is 4.39 Å². The van der Waals surface area contributed by atoms with Gasteiger partial charge >= 0.3 is 6.01 Å². The molecule has 1 aromatic heterocycles. The third-order valence-corrected chi connectivity index (χ3v) is 8.92. The molecule has 3 aliphatic rings. The Morgan fingerprint density at radius 3 is 2.81 bits per heavy atom. The molecule has 2 atom stereocenters. The Morgan fingerprint density at radius 1 is 1.21 bits per heavy atom. The van der Waals surface area contributed by atoms with E-state index < -0.39 is 0 Å². The monoisotopic (exact) mass is 579 g/mol. The van der Waals surface area contributed by atoms with E-state index in [1.54, 1.807) is 24.1 Å². The lowest BCUT2D eigenvalue weighted by Gasteiger charge is -2.31. The zero-order valence-electron chi connectivity index (χ0n) is 24.7. The number of likely N-dealkylation sites (tertiary alicyclic amines) is 1. The first-order chi connectivity index (χ1) is 20.2. The van der Waals surface area contributed by atoms with Gasteiger partial charge in [0.1, 0.15) is 29.6 Å². The number of anilines is 2. The minimum atomic E-state index is -0.345. The maximum Gasteiger partial charge on any atom is 0.318 e. The number of amides is 1. The summed E-state index contributed by atoms with van der Waals surface area (Å²) >= 11 is 0. The minimum absolute atomic E-state index is 0.00166. The highest BCUT2D eigenvalue weighted by molar-refractivity contribution is 6.16. The lowest BCUT2D eigenvalue weighted by molar-refractivity contribution is 0.0993. The van der Waals surface area contributed by atoms with Gasteiger partial charge in [0.2, 0.25) is 0 Å². The molecule has 10 nitrogen and oxygen atoms in total. The summed E-state index contributed by atoms with van der Waals surface area (Å²) in [4.78, 5) is 29.6. The van der Waals surface area contributed by atoms with Crippen LogP contribution in [0.15, 0.2) is 24.3 Å². The molecule has 0 aliphatic carbocycles. The molecule has 3 aliphatic heterocycles. The van der Waals surface area contributed by atoms with Gasteiger partial charge in [-0.15, -0.1) is 0 Å². The average molecular weight is 580 g/mol. The number of aryl methyl sites for hydroxylation is 1. The third kappa shape index (κ3) is 5.03. The van der Waals surface area contributed by atoms with Crippen LogP contribution in [0.3, 0.4) is 0 Å². The van der Waals surface area contributed by atoms with Gasteiger partial charge < -0.3 is 29.1 Å². The molecule has 2 aromatic carbocycles. The van der Waals surface area contributed by atoms with Crippen LogP contribution in [0.25, 0.3) is 10.8 Å². The lowest BCUT2D eigenvalue weighted by Crippen LogP contribution is -2.43. The summed E-state index contributed by atoms with van der Waals surface area (Å²) in [6.07, 6.45) is 2.17. The number of benzene rings is 2.